The number of carbonyl (C=O) groups excluding carboxylic acids is 1. The molecule has 3 rings (SSSR count). The quantitative estimate of drug-likeness (QED) is 0.207. The van der Waals surface area contributed by atoms with E-state index < -0.39 is 0 Å². The van der Waals surface area contributed by atoms with Gasteiger partial charge in [-0.2, -0.15) is 0 Å². The van der Waals surface area contributed by atoms with Gasteiger partial charge in [0.05, 0.1) is 0 Å². The summed E-state index contributed by atoms with van der Waals surface area (Å²) < 4.78 is 0. The monoisotopic (exact) mass is 498 g/mol. The Morgan fingerprint density at radius 3 is 2.03 bits per heavy atom. The molecule has 2 N–H and O–H groups in total. The molecule has 0 heterocycles. The highest BCUT2D eigenvalue weighted by Crippen LogP contribution is 2.28. The normalized spacial score (nSPS) is 11.1. The van der Waals surface area contributed by atoms with E-state index >= 15 is 0 Å². The van der Waals surface area contributed by atoms with Gasteiger partial charge in [-0.05, 0) is 75.8 Å². The van der Waals surface area contributed by atoms with E-state index in [0.717, 1.165) is 49.3 Å². The Labute approximate surface area is 223 Å². The molecule has 2 amide bonds. The van der Waals surface area contributed by atoms with Crippen LogP contribution >= 0.6 is 0 Å². The number of hydrogen-bond donors (Lipinski definition) is 2. The maximum Gasteiger partial charge on any atom is 0.322 e. The molecule has 0 fully saturated rings. The van der Waals surface area contributed by atoms with Gasteiger partial charge in [0.25, 0.3) is 0 Å². The number of nitrogens with one attached hydrogen (secondary N) is 2. The third-order valence-corrected chi connectivity index (χ3v) is 6.56. The van der Waals surface area contributed by atoms with Gasteiger partial charge in [-0.1, -0.05) is 84.9 Å². The molecule has 0 saturated heterocycles. The highest BCUT2D eigenvalue weighted by molar-refractivity contribution is 5.89. The number of urea groups is 1. The number of nitrogens with zero attached hydrogens (tertiary/aromatic N) is 2. The fraction of sp³-hybridized carbons (Fsp3) is 0.344. The number of hydrogen-bond acceptors (Lipinski definition) is 3. The number of aryl methyl sites for hydroxylation is 1. The zero-order chi connectivity index (χ0) is 26.5. The van der Waals surface area contributed by atoms with Crippen molar-refractivity contribution in [3.63, 3.8) is 0 Å². The molecule has 0 radical (unpaired) electrons. The maximum absolute atomic E-state index is 13.5. The molecule has 0 atom stereocenters. The Kier molecular flexibility index (Phi) is 11.4. The van der Waals surface area contributed by atoms with Gasteiger partial charge >= 0.3 is 6.03 Å². The van der Waals surface area contributed by atoms with Crippen LogP contribution in [0.1, 0.15) is 35.4 Å². The summed E-state index contributed by atoms with van der Waals surface area (Å²) >= 11 is 0. The fourth-order valence-electron chi connectivity index (χ4n) is 4.58. The molecule has 37 heavy (non-hydrogen) atoms. The van der Waals surface area contributed by atoms with Gasteiger partial charge in [0, 0.05) is 31.2 Å². The van der Waals surface area contributed by atoms with E-state index in [4.69, 9.17) is 0 Å². The molecule has 0 spiro atoms. The molecule has 0 aliphatic heterocycles. The van der Waals surface area contributed by atoms with Gasteiger partial charge in [-0.3, -0.25) is 0 Å². The molecule has 3 aromatic rings. The van der Waals surface area contributed by atoms with Crippen molar-refractivity contribution in [3.8, 4) is 0 Å². The minimum atomic E-state index is -0.0947. The minimum Gasteiger partial charge on any atom is -0.320 e. The van der Waals surface area contributed by atoms with Crippen LogP contribution in [0.2, 0.25) is 0 Å². The zero-order valence-electron chi connectivity index (χ0n) is 22.6. The van der Waals surface area contributed by atoms with Gasteiger partial charge in [0.2, 0.25) is 0 Å². The lowest BCUT2D eigenvalue weighted by molar-refractivity contribution is 0.213. The van der Waals surface area contributed by atoms with Gasteiger partial charge in [-0.25, -0.2) is 4.79 Å². The average molecular weight is 499 g/mol. The summed E-state index contributed by atoms with van der Waals surface area (Å²) in [6, 6.07) is 29.0. The van der Waals surface area contributed by atoms with E-state index in [0.29, 0.717) is 13.1 Å². The lowest BCUT2D eigenvalue weighted by Gasteiger charge is -2.28. The Morgan fingerprint density at radius 1 is 0.865 bits per heavy atom. The number of rotatable bonds is 14. The summed E-state index contributed by atoms with van der Waals surface area (Å²) in [5.41, 5.74) is 5.52. The highest BCUT2D eigenvalue weighted by atomic mass is 16.2. The molecule has 0 aliphatic carbocycles. The van der Waals surface area contributed by atoms with Crippen LogP contribution in [0, 0.1) is 6.92 Å². The summed E-state index contributed by atoms with van der Waals surface area (Å²) in [7, 11) is 4.08. The van der Waals surface area contributed by atoms with Crippen molar-refractivity contribution in [3.05, 3.63) is 114 Å². The zero-order valence-corrected chi connectivity index (χ0v) is 22.6. The summed E-state index contributed by atoms with van der Waals surface area (Å²) in [6.07, 6.45) is 1.90. The van der Waals surface area contributed by atoms with Crippen LogP contribution in [0.15, 0.2) is 97.1 Å². The van der Waals surface area contributed by atoms with Crippen LogP contribution in [0.4, 0.5) is 10.5 Å². The molecule has 5 nitrogen and oxygen atoms in total. The molecular formula is C32H42N4O. The Morgan fingerprint density at radius 2 is 1.46 bits per heavy atom. The van der Waals surface area contributed by atoms with Gasteiger partial charge in [0.15, 0.2) is 0 Å². The largest absolute Gasteiger partial charge is 0.322 e. The van der Waals surface area contributed by atoms with Crippen molar-refractivity contribution in [1.29, 1.82) is 0 Å². The Bertz CT molecular complexity index is 1040. The van der Waals surface area contributed by atoms with E-state index in [2.05, 4.69) is 77.7 Å². The molecule has 3 aromatic carbocycles. The van der Waals surface area contributed by atoms with Gasteiger partial charge in [-0.15, -0.1) is 0 Å². The number of amides is 2. The topological polar surface area (TPSA) is 47.6 Å². The molecule has 0 bridgehead atoms. The highest BCUT2D eigenvalue weighted by Gasteiger charge is 2.20. The van der Waals surface area contributed by atoms with Crippen LogP contribution in [0.5, 0.6) is 0 Å². The summed E-state index contributed by atoms with van der Waals surface area (Å²) in [6.45, 7) is 10.2. The van der Waals surface area contributed by atoms with Crippen molar-refractivity contribution in [2.24, 2.45) is 0 Å². The van der Waals surface area contributed by atoms with Gasteiger partial charge in [0.1, 0.15) is 0 Å². The lowest BCUT2D eigenvalue weighted by atomic mass is 9.88. The molecule has 0 aromatic heterocycles. The standard InChI is InChI=1S/C32H42N4O/c1-26-16-18-30(19-17-26)34-32(37)36(25-27(2)24-35(4)22-11-21-33-3)23-20-31(28-12-7-5-8-13-28)29-14-9-6-10-15-29/h5-10,12-19,31,33H,2,11,20-25H2,1,3-4H3,(H,34,37). The summed E-state index contributed by atoms with van der Waals surface area (Å²) in [5, 5.41) is 6.29. The van der Waals surface area contributed by atoms with Crippen molar-refractivity contribution >= 4 is 11.7 Å². The first kappa shape index (κ1) is 28.2. The second-order valence-electron chi connectivity index (χ2n) is 9.83. The Hall–Kier alpha value is -3.41. The Balaban J connectivity index is 1.74. The second-order valence-corrected chi connectivity index (χ2v) is 9.83. The fourth-order valence-corrected chi connectivity index (χ4v) is 4.58. The summed E-state index contributed by atoms with van der Waals surface area (Å²) in [4.78, 5) is 17.6. The van der Waals surface area contributed by atoms with Crippen molar-refractivity contribution < 1.29 is 4.79 Å². The van der Waals surface area contributed by atoms with Crippen LogP contribution in [-0.4, -0.2) is 62.7 Å². The predicted molar refractivity (Wildman–Crippen MR) is 156 cm³/mol. The smallest absolute Gasteiger partial charge is 0.320 e. The van der Waals surface area contributed by atoms with Crippen molar-refractivity contribution in [2.75, 3.05) is 52.1 Å². The number of carbonyl (C=O) groups is 1. The van der Waals surface area contributed by atoms with E-state index in [9.17, 15) is 4.79 Å². The predicted octanol–water partition coefficient (Wildman–Crippen LogP) is 6.15. The first-order valence-electron chi connectivity index (χ1n) is 13.2. The third-order valence-electron chi connectivity index (χ3n) is 6.56. The molecule has 5 heteroatoms. The number of anilines is 1. The first-order valence-corrected chi connectivity index (χ1v) is 13.2. The van der Waals surface area contributed by atoms with E-state index in [1.807, 2.05) is 55.3 Å². The maximum atomic E-state index is 13.5. The van der Waals surface area contributed by atoms with E-state index in [1.54, 1.807) is 0 Å². The second kappa shape index (κ2) is 15.0. The van der Waals surface area contributed by atoms with Crippen LogP contribution in [0.25, 0.3) is 0 Å². The van der Waals surface area contributed by atoms with Crippen molar-refractivity contribution in [1.82, 2.24) is 15.1 Å². The molecular weight excluding hydrogens is 456 g/mol. The van der Waals surface area contributed by atoms with Crippen LogP contribution in [-0.2, 0) is 0 Å². The SMILES string of the molecule is C=C(CN(C)CCCNC)CN(CCC(c1ccccc1)c1ccccc1)C(=O)Nc1ccc(C)cc1. The molecule has 196 valence electrons. The third kappa shape index (κ3) is 9.52. The minimum absolute atomic E-state index is 0.0947. The molecule has 0 aliphatic rings. The van der Waals surface area contributed by atoms with Gasteiger partial charge < -0.3 is 20.4 Å². The van der Waals surface area contributed by atoms with Crippen LogP contribution < -0.4 is 10.6 Å². The summed E-state index contributed by atoms with van der Waals surface area (Å²) in [5.74, 6) is 0.203. The van der Waals surface area contributed by atoms with E-state index in [-0.39, 0.29) is 11.9 Å². The average Bonchev–Trinajstić information content (AvgIpc) is 2.90. The lowest BCUT2D eigenvalue weighted by Crippen LogP contribution is -2.39. The molecule has 0 unspecified atom stereocenters. The van der Waals surface area contributed by atoms with E-state index in [1.165, 1.54) is 11.1 Å². The van der Waals surface area contributed by atoms with Crippen LogP contribution in [0.3, 0.4) is 0 Å². The first-order chi connectivity index (χ1) is 18.0. The number of likely N-dealkylation sites (N-methyl/N-ethyl adjacent to an activating group) is 1. The molecule has 0 saturated carbocycles. The van der Waals surface area contributed by atoms with Crippen molar-refractivity contribution in [2.45, 2.75) is 25.7 Å². The number of benzene rings is 3.